The summed E-state index contributed by atoms with van der Waals surface area (Å²) in [6.07, 6.45) is 0. The molecular formula is C9H5F3O3. The molecule has 3 nitrogen and oxygen atoms in total. The number of Topliss-reactive ketones (excluding diaryl/α,β-unsaturated/α-hetero) is 1. The predicted octanol–water partition coefficient (Wildman–Crippen LogP) is 1.73. The maximum Gasteiger partial charge on any atom is 0.404 e. The van der Waals surface area contributed by atoms with Gasteiger partial charge >= 0.3 is 11.9 Å². The van der Waals surface area contributed by atoms with Crippen molar-refractivity contribution >= 4 is 11.8 Å². The van der Waals surface area contributed by atoms with Gasteiger partial charge in [0.15, 0.2) is 0 Å². The van der Waals surface area contributed by atoms with Crippen molar-refractivity contribution in [3.8, 4) is 0 Å². The average molecular weight is 218 g/mol. The maximum absolute atomic E-state index is 12.7. The van der Waals surface area contributed by atoms with Gasteiger partial charge in [-0.15, -0.1) is 0 Å². The molecule has 1 aromatic carbocycles. The monoisotopic (exact) mass is 218 g/mol. The Labute approximate surface area is 82.1 Å². The quantitative estimate of drug-likeness (QED) is 0.620. The number of alkyl halides is 2. The van der Waals surface area contributed by atoms with Gasteiger partial charge in [-0.25, -0.2) is 9.18 Å². The van der Waals surface area contributed by atoms with Gasteiger partial charge in [-0.3, -0.25) is 4.79 Å². The average Bonchev–Trinajstić information content (AvgIpc) is 2.17. The van der Waals surface area contributed by atoms with Crippen molar-refractivity contribution in [3.63, 3.8) is 0 Å². The second kappa shape index (κ2) is 3.72. The fourth-order valence-electron chi connectivity index (χ4n) is 0.880. The normalized spacial score (nSPS) is 11.1. The van der Waals surface area contributed by atoms with Crippen LogP contribution in [0.15, 0.2) is 24.3 Å². The summed E-state index contributed by atoms with van der Waals surface area (Å²) in [5.41, 5.74) is -0.552. The first-order valence-electron chi connectivity index (χ1n) is 3.77. The van der Waals surface area contributed by atoms with Crippen LogP contribution in [0.2, 0.25) is 0 Å². The van der Waals surface area contributed by atoms with E-state index in [0.717, 1.165) is 24.3 Å². The van der Waals surface area contributed by atoms with Crippen molar-refractivity contribution in [2.24, 2.45) is 0 Å². The first-order valence-corrected chi connectivity index (χ1v) is 3.77. The van der Waals surface area contributed by atoms with Crippen LogP contribution in [0.5, 0.6) is 0 Å². The van der Waals surface area contributed by atoms with E-state index < -0.39 is 29.1 Å². The lowest BCUT2D eigenvalue weighted by Crippen LogP contribution is -2.37. The molecule has 0 saturated heterocycles. The van der Waals surface area contributed by atoms with Crippen LogP contribution in [0.3, 0.4) is 0 Å². The van der Waals surface area contributed by atoms with Crippen molar-refractivity contribution < 1.29 is 27.9 Å². The van der Waals surface area contributed by atoms with Crippen molar-refractivity contribution in [1.82, 2.24) is 0 Å². The van der Waals surface area contributed by atoms with E-state index in [1.54, 1.807) is 0 Å². The molecule has 0 aliphatic carbocycles. The van der Waals surface area contributed by atoms with Gasteiger partial charge in [-0.2, -0.15) is 8.78 Å². The molecule has 1 N–H and O–H groups in total. The molecule has 0 radical (unpaired) electrons. The van der Waals surface area contributed by atoms with Crippen LogP contribution in [0.4, 0.5) is 13.2 Å². The molecule has 0 bridgehead atoms. The molecule has 0 aliphatic rings. The molecule has 15 heavy (non-hydrogen) atoms. The number of halogens is 3. The van der Waals surface area contributed by atoms with Gasteiger partial charge < -0.3 is 5.11 Å². The highest BCUT2D eigenvalue weighted by molar-refractivity contribution is 6.13. The predicted molar refractivity (Wildman–Crippen MR) is 43.3 cm³/mol. The van der Waals surface area contributed by atoms with Crippen LogP contribution in [0.25, 0.3) is 0 Å². The van der Waals surface area contributed by atoms with Crippen LogP contribution >= 0.6 is 0 Å². The number of ketones is 1. The summed E-state index contributed by atoms with van der Waals surface area (Å²) in [6, 6.07) is 3.19. The molecule has 0 spiro atoms. The van der Waals surface area contributed by atoms with Gasteiger partial charge in [0.25, 0.3) is 0 Å². The maximum atomic E-state index is 12.7. The summed E-state index contributed by atoms with van der Waals surface area (Å²) in [7, 11) is 0. The first-order chi connectivity index (χ1) is 6.85. The molecule has 6 heteroatoms. The summed E-state index contributed by atoms with van der Waals surface area (Å²) in [5, 5.41) is 8.08. The molecular weight excluding hydrogens is 213 g/mol. The van der Waals surface area contributed by atoms with E-state index in [2.05, 4.69) is 0 Å². The van der Waals surface area contributed by atoms with Gasteiger partial charge in [0.2, 0.25) is 5.78 Å². The van der Waals surface area contributed by atoms with E-state index in [1.807, 2.05) is 0 Å². The third-order valence-corrected chi connectivity index (χ3v) is 1.66. The van der Waals surface area contributed by atoms with E-state index in [-0.39, 0.29) is 0 Å². The highest BCUT2D eigenvalue weighted by atomic mass is 19.3. The zero-order valence-electron chi connectivity index (χ0n) is 7.21. The van der Waals surface area contributed by atoms with Crippen molar-refractivity contribution in [3.05, 3.63) is 35.6 Å². The second-order valence-corrected chi connectivity index (χ2v) is 2.72. The van der Waals surface area contributed by atoms with Gasteiger partial charge in [0, 0.05) is 5.56 Å². The molecule has 0 unspecified atom stereocenters. The lowest BCUT2D eigenvalue weighted by Gasteiger charge is -2.09. The smallest absolute Gasteiger partial charge is 0.404 e. The number of carboxylic acid groups (broad SMARTS) is 1. The van der Waals surface area contributed by atoms with Crippen LogP contribution in [0.1, 0.15) is 10.4 Å². The van der Waals surface area contributed by atoms with Gasteiger partial charge in [-0.1, -0.05) is 0 Å². The number of hydrogen-bond acceptors (Lipinski definition) is 2. The Morgan fingerprint density at radius 3 is 2.00 bits per heavy atom. The van der Waals surface area contributed by atoms with Gasteiger partial charge in [0.1, 0.15) is 5.82 Å². The van der Waals surface area contributed by atoms with E-state index in [4.69, 9.17) is 5.11 Å². The van der Waals surface area contributed by atoms with E-state index >= 15 is 0 Å². The summed E-state index contributed by atoms with van der Waals surface area (Å²) >= 11 is 0. The summed E-state index contributed by atoms with van der Waals surface area (Å²) in [6.45, 7) is 0. The zero-order valence-corrected chi connectivity index (χ0v) is 7.21. The molecule has 0 heterocycles. The zero-order chi connectivity index (χ0) is 11.6. The molecule has 0 aromatic heterocycles. The fourth-order valence-corrected chi connectivity index (χ4v) is 0.880. The van der Waals surface area contributed by atoms with Crippen LogP contribution < -0.4 is 0 Å². The second-order valence-electron chi connectivity index (χ2n) is 2.72. The standard InChI is InChI=1S/C9H5F3O3/c10-6-3-1-5(2-4-6)7(13)9(11,12)8(14)15/h1-4H,(H,14,15). The van der Waals surface area contributed by atoms with Crippen molar-refractivity contribution in [2.75, 3.05) is 0 Å². The third kappa shape index (κ3) is 2.15. The highest BCUT2D eigenvalue weighted by Crippen LogP contribution is 2.20. The van der Waals surface area contributed by atoms with Crippen molar-refractivity contribution in [2.45, 2.75) is 5.92 Å². The molecule has 0 atom stereocenters. The number of aliphatic carboxylic acids is 1. The number of hydrogen-bond donors (Lipinski definition) is 1. The summed E-state index contributed by atoms with van der Waals surface area (Å²) in [4.78, 5) is 21.0. The summed E-state index contributed by atoms with van der Waals surface area (Å²) in [5.74, 6) is -9.59. The topological polar surface area (TPSA) is 54.4 Å². The fraction of sp³-hybridized carbons (Fsp3) is 0.111. The minimum absolute atomic E-state index is 0.552. The lowest BCUT2D eigenvalue weighted by molar-refractivity contribution is -0.157. The number of carboxylic acids is 1. The number of carbonyl (C=O) groups is 2. The Hall–Kier alpha value is -1.85. The van der Waals surface area contributed by atoms with Crippen LogP contribution in [-0.2, 0) is 4.79 Å². The molecule has 0 aliphatic heterocycles. The van der Waals surface area contributed by atoms with Gasteiger partial charge in [-0.05, 0) is 24.3 Å². The minimum atomic E-state index is -4.49. The van der Waals surface area contributed by atoms with E-state index in [9.17, 15) is 22.8 Å². The third-order valence-electron chi connectivity index (χ3n) is 1.66. The number of rotatable bonds is 3. The summed E-state index contributed by atoms with van der Waals surface area (Å²) < 4.78 is 37.8. The molecule has 0 amide bonds. The van der Waals surface area contributed by atoms with E-state index in [1.165, 1.54) is 0 Å². The lowest BCUT2D eigenvalue weighted by atomic mass is 10.1. The van der Waals surface area contributed by atoms with Crippen LogP contribution in [-0.4, -0.2) is 22.8 Å². The van der Waals surface area contributed by atoms with Gasteiger partial charge in [0.05, 0.1) is 0 Å². The minimum Gasteiger partial charge on any atom is -0.476 e. The van der Waals surface area contributed by atoms with Crippen LogP contribution in [0, 0.1) is 5.82 Å². The van der Waals surface area contributed by atoms with E-state index in [0.29, 0.717) is 0 Å². The molecule has 0 saturated carbocycles. The van der Waals surface area contributed by atoms with Crippen molar-refractivity contribution in [1.29, 1.82) is 0 Å². The Morgan fingerprint density at radius 2 is 1.60 bits per heavy atom. The Balaban J connectivity index is 3.05. The Kier molecular flexibility index (Phi) is 2.78. The molecule has 0 fully saturated rings. The first kappa shape index (κ1) is 11.2. The Bertz CT molecular complexity index is 398. The Morgan fingerprint density at radius 1 is 1.13 bits per heavy atom. The SMILES string of the molecule is O=C(O)C(F)(F)C(=O)c1ccc(F)cc1. The largest absolute Gasteiger partial charge is 0.476 e. The molecule has 80 valence electrons. The number of carbonyl (C=O) groups excluding carboxylic acids is 1. The number of benzene rings is 1. The molecule has 1 aromatic rings. The highest BCUT2D eigenvalue weighted by Gasteiger charge is 2.47. The molecule has 1 rings (SSSR count).